The molecule has 0 unspecified atom stereocenters. The smallest absolute Gasteiger partial charge is 0.271 e. The fourth-order valence-corrected chi connectivity index (χ4v) is 2.85. The molecule has 3 rings (SSSR count). The van der Waals surface area contributed by atoms with E-state index in [1.165, 1.54) is 16.8 Å². The van der Waals surface area contributed by atoms with Crippen LogP contribution in [0.15, 0.2) is 71.5 Å². The molecule has 1 N–H and O–H groups in total. The minimum atomic E-state index is -0.352. The Morgan fingerprint density at radius 1 is 0.968 bits per heavy atom. The predicted octanol–water partition coefficient (Wildman–Crippen LogP) is 3.43. The van der Waals surface area contributed by atoms with Gasteiger partial charge in [-0.1, -0.05) is 43.7 Å². The Bertz CT molecular complexity index is 1030. The van der Waals surface area contributed by atoms with Crippen molar-refractivity contribution in [3.63, 3.8) is 0 Å². The van der Waals surface area contributed by atoms with Gasteiger partial charge in [0.25, 0.3) is 11.5 Å². The first-order chi connectivity index (χ1) is 15.2. The van der Waals surface area contributed by atoms with Crippen molar-refractivity contribution in [2.45, 2.75) is 32.9 Å². The van der Waals surface area contributed by atoms with Crippen molar-refractivity contribution in [2.24, 2.45) is 0 Å². The minimum Gasteiger partial charge on any atom is -0.494 e. The van der Waals surface area contributed by atoms with Crippen molar-refractivity contribution in [3.8, 4) is 11.5 Å². The van der Waals surface area contributed by atoms with Gasteiger partial charge in [-0.2, -0.15) is 5.10 Å². The van der Waals surface area contributed by atoms with Crippen LogP contribution >= 0.6 is 0 Å². The third kappa shape index (κ3) is 6.99. The van der Waals surface area contributed by atoms with Crippen molar-refractivity contribution >= 4 is 5.91 Å². The first-order valence-electron chi connectivity index (χ1n) is 10.4. The second-order valence-electron chi connectivity index (χ2n) is 6.97. The summed E-state index contributed by atoms with van der Waals surface area (Å²) < 4.78 is 12.5. The highest BCUT2D eigenvalue weighted by atomic mass is 16.5. The lowest BCUT2D eigenvalue weighted by Crippen LogP contribution is -2.30. The molecule has 0 atom stereocenters. The second-order valence-corrected chi connectivity index (χ2v) is 6.97. The zero-order valence-corrected chi connectivity index (χ0v) is 17.6. The summed E-state index contributed by atoms with van der Waals surface area (Å²) in [5.74, 6) is 1.14. The monoisotopic (exact) mass is 421 g/mol. The van der Waals surface area contributed by atoms with Crippen LogP contribution in [0.1, 0.15) is 35.8 Å². The molecule has 0 aliphatic rings. The Hall–Kier alpha value is -3.61. The van der Waals surface area contributed by atoms with E-state index >= 15 is 0 Å². The number of carbonyl (C=O) groups excluding carboxylic acids is 1. The van der Waals surface area contributed by atoms with Crippen LogP contribution < -0.4 is 20.3 Å². The van der Waals surface area contributed by atoms with Crippen LogP contribution in [0.5, 0.6) is 11.5 Å². The highest BCUT2D eigenvalue weighted by Crippen LogP contribution is 2.14. The summed E-state index contributed by atoms with van der Waals surface area (Å²) in [6, 6.07) is 19.7. The molecular formula is C24H27N3O4. The zero-order chi connectivity index (χ0) is 21.9. The molecule has 0 fully saturated rings. The summed E-state index contributed by atoms with van der Waals surface area (Å²) in [7, 11) is 0. The van der Waals surface area contributed by atoms with Crippen LogP contribution in [0.25, 0.3) is 0 Å². The van der Waals surface area contributed by atoms with Crippen molar-refractivity contribution in [3.05, 3.63) is 88.3 Å². The van der Waals surface area contributed by atoms with E-state index in [2.05, 4.69) is 17.3 Å². The maximum absolute atomic E-state index is 12.5. The van der Waals surface area contributed by atoms with Crippen molar-refractivity contribution in [2.75, 3.05) is 13.2 Å². The highest BCUT2D eigenvalue weighted by molar-refractivity contribution is 5.91. The maximum Gasteiger partial charge on any atom is 0.271 e. The summed E-state index contributed by atoms with van der Waals surface area (Å²) >= 11 is 0. The maximum atomic E-state index is 12.5. The van der Waals surface area contributed by atoms with E-state index in [1.54, 1.807) is 0 Å². The molecule has 31 heavy (non-hydrogen) atoms. The molecule has 7 nitrogen and oxygen atoms in total. The van der Waals surface area contributed by atoms with E-state index in [1.807, 2.05) is 54.6 Å². The Morgan fingerprint density at radius 3 is 2.55 bits per heavy atom. The summed E-state index contributed by atoms with van der Waals surface area (Å²) in [6.07, 6.45) is 2.07. The number of benzene rings is 2. The number of amides is 1. The highest BCUT2D eigenvalue weighted by Gasteiger charge is 2.10. The molecule has 0 aliphatic carbocycles. The molecule has 7 heteroatoms. The molecule has 3 aromatic rings. The van der Waals surface area contributed by atoms with Gasteiger partial charge in [-0.05, 0) is 42.3 Å². The van der Waals surface area contributed by atoms with Gasteiger partial charge >= 0.3 is 0 Å². The average molecular weight is 421 g/mol. The SMILES string of the molecule is CCCCOc1cccc(CNC(=O)c2ccc(=O)n(CCOc3ccccc3)n2)c1. The van der Waals surface area contributed by atoms with Gasteiger partial charge in [0, 0.05) is 12.6 Å². The third-order valence-electron chi connectivity index (χ3n) is 4.53. The number of rotatable bonds is 11. The number of nitrogens with one attached hydrogen (secondary N) is 1. The van der Waals surface area contributed by atoms with Gasteiger partial charge in [0.05, 0.1) is 13.2 Å². The Morgan fingerprint density at radius 2 is 1.74 bits per heavy atom. The Balaban J connectivity index is 1.55. The van der Waals surface area contributed by atoms with Gasteiger partial charge in [0.15, 0.2) is 0 Å². The van der Waals surface area contributed by atoms with Gasteiger partial charge in [0.1, 0.15) is 23.8 Å². The normalized spacial score (nSPS) is 10.5. The van der Waals surface area contributed by atoms with E-state index < -0.39 is 0 Å². The lowest BCUT2D eigenvalue weighted by atomic mass is 10.2. The molecule has 0 saturated heterocycles. The van der Waals surface area contributed by atoms with Gasteiger partial charge in [0.2, 0.25) is 0 Å². The molecule has 1 amide bonds. The minimum absolute atomic E-state index is 0.176. The molecule has 0 aliphatic heterocycles. The largest absolute Gasteiger partial charge is 0.494 e. The number of unbranched alkanes of at least 4 members (excludes halogenated alkanes) is 1. The topological polar surface area (TPSA) is 82.5 Å². The number of hydrogen-bond donors (Lipinski definition) is 1. The van der Waals surface area contributed by atoms with Crippen LogP contribution in [-0.2, 0) is 13.1 Å². The second kappa shape index (κ2) is 11.5. The van der Waals surface area contributed by atoms with E-state index in [4.69, 9.17) is 9.47 Å². The average Bonchev–Trinajstić information content (AvgIpc) is 2.80. The number of carbonyl (C=O) groups is 1. The Kier molecular flexibility index (Phi) is 8.22. The molecular weight excluding hydrogens is 394 g/mol. The van der Waals surface area contributed by atoms with Crippen LogP contribution in [0.2, 0.25) is 0 Å². The Labute approximate surface area is 181 Å². The zero-order valence-electron chi connectivity index (χ0n) is 17.6. The van der Waals surface area contributed by atoms with E-state index in [0.29, 0.717) is 18.9 Å². The number of aromatic nitrogens is 2. The third-order valence-corrected chi connectivity index (χ3v) is 4.53. The lowest BCUT2D eigenvalue weighted by Gasteiger charge is -2.10. The molecule has 1 heterocycles. The summed E-state index contributed by atoms with van der Waals surface area (Å²) in [5.41, 5.74) is 0.812. The molecule has 0 saturated carbocycles. The van der Waals surface area contributed by atoms with Crippen LogP contribution in [-0.4, -0.2) is 28.9 Å². The summed E-state index contributed by atoms with van der Waals surface area (Å²) in [5, 5.41) is 7.01. The molecule has 0 bridgehead atoms. The van der Waals surface area contributed by atoms with Crippen molar-refractivity contribution in [1.82, 2.24) is 15.1 Å². The summed E-state index contributed by atoms with van der Waals surface area (Å²) in [4.78, 5) is 24.6. The first kappa shape index (κ1) is 22.1. The van der Waals surface area contributed by atoms with Gasteiger partial charge in [-0.3, -0.25) is 9.59 Å². The number of nitrogens with zero attached hydrogens (tertiary/aromatic N) is 2. The molecule has 2 aromatic carbocycles. The first-order valence-corrected chi connectivity index (χ1v) is 10.4. The van der Waals surface area contributed by atoms with E-state index in [9.17, 15) is 9.59 Å². The quantitative estimate of drug-likeness (QED) is 0.480. The summed E-state index contributed by atoms with van der Waals surface area (Å²) in [6.45, 7) is 3.63. The van der Waals surface area contributed by atoms with Crippen molar-refractivity contribution in [1.29, 1.82) is 0 Å². The molecule has 0 spiro atoms. The van der Waals surface area contributed by atoms with Crippen LogP contribution in [0, 0.1) is 0 Å². The number of ether oxygens (including phenoxy) is 2. The van der Waals surface area contributed by atoms with Crippen molar-refractivity contribution < 1.29 is 14.3 Å². The predicted molar refractivity (Wildman–Crippen MR) is 118 cm³/mol. The molecule has 162 valence electrons. The van der Waals surface area contributed by atoms with Crippen LogP contribution in [0.3, 0.4) is 0 Å². The van der Waals surface area contributed by atoms with E-state index in [0.717, 1.165) is 24.2 Å². The fourth-order valence-electron chi connectivity index (χ4n) is 2.85. The fraction of sp³-hybridized carbons (Fsp3) is 0.292. The number of para-hydroxylation sites is 1. The standard InChI is InChI=1S/C24H27N3O4/c1-2-3-15-30-21-11-7-8-19(17-21)18-25-24(29)22-12-13-23(28)27(26-22)14-16-31-20-9-5-4-6-10-20/h4-13,17H,2-3,14-16,18H2,1H3,(H,25,29). The van der Waals surface area contributed by atoms with E-state index in [-0.39, 0.29) is 30.3 Å². The molecule has 0 radical (unpaired) electrons. The number of hydrogen-bond acceptors (Lipinski definition) is 5. The van der Waals surface area contributed by atoms with Crippen LogP contribution in [0.4, 0.5) is 0 Å². The molecule has 1 aromatic heterocycles. The van der Waals surface area contributed by atoms with Gasteiger partial charge in [-0.15, -0.1) is 0 Å². The van der Waals surface area contributed by atoms with Gasteiger partial charge in [-0.25, -0.2) is 4.68 Å². The van der Waals surface area contributed by atoms with Gasteiger partial charge < -0.3 is 14.8 Å². The lowest BCUT2D eigenvalue weighted by molar-refractivity contribution is 0.0942.